The number of methoxy groups -OCH3 is 1. The normalized spacial score (nSPS) is 11.8. The number of carbonyl (C=O) groups is 1. The van der Waals surface area contributed by atoms with E-state index in [1.54, 1.807) is 19.2 Å². The largest absolute Gasteiger partial charge is 0.495 e. The number of amides is 2. The van der Waals surface area contributed by atoms with Crippen molar-refractivity contribution in [2.24, 2.45) is 7.05 Å². The van der Waals surface area contributed by atoms with Gasteiger partial charge in [0.05, 0.1) is 18.9 Å². The Morgan fingerprint density at radius 1 is 1.32 bits per heavy atom. The molecule has 118 valence electrons. The molecule has 6 nitrogen and oxygen atoms in total. The van der Waals surface area contributed by atoms with Crippen molar-refractivity contribution in [2.45, 2.75) is 12.5 Å². The lowest BCUT2D eigenvalue weighted by atomic mass is 10.2. The van der Waals surface area contributed by atoms with Crippen LogP contribution in [0.1, 0.15) is 18.2 Å². The number of ether oxygens (including phenoxy) is 1. The lowest BCUT2D eigenvalue weighted by Crippen LogP contribution is -2.30. The van der Waals surface area contributed by atoms with E-state index in [0.29, 0.717) is 24.4 Å². The van der Waals surface area contributed by atoms with Crippen molar-refractivity contribution >= 4 is 11.7 Å². The number of carbonyl (C=O) groups excluding carboxylic acids is 1. The lowest BCUT2D eigenvalue weighted by molar-refractivity contribution is 0.159. The van der Waals surface area contributed by atoms with Gasteiger partial charge in [0, 0.05) is 25.5 Å². The molecular weight excluding hydrogens is 282 g/mol. The Morgan fingerprint density at radius 3 is 2.77 bits per heavy atom. The van der Waals surface area contributed by atoms with E-state index < -0.39 is 6.10 Å². The molecule has 0 fully saturated rings. The molecule has 1 aromatic heterocycles. The fourth-order valence-corrected chi connectivity index (χ4v) is 2.21. The van der Waals surface area contributed by atoms with Crippen molar-refractivity contribution in [3.8, 4) is 5.75 Å². The molecule has 2 rings (SSSR count). The molecule has 0 spiro atoms. The number of aromatic nitrogens is 1. The van der Waals surface area contributed by atoms with Crippen LogP contribution in [-0.2, 0) is 7.05 Å². The molecule has 0 aliphatic heterocycles. The van der Waals surface area contributed by atoms with Crippen LogP contribution in [0.4, 0.5) is 10.5 Å². The van der Waals surface area contributed by atoms with Crippen molar-refractivity contribution < 1.29 is 14.6 Å². The zero-order valence-electron chi connectivity index (χ0n) is 12.7. The van der Waals surface area contributed by atoms with E-state index in [9.17, 15) is 9.90 Å². The van der Waals surface area contributed by atoms with Crippen LogP contribution in [-0.4, -0.2) is 29.4 Å². The third kappa shape index (κ3) is 4.02. The number of aliphatic hydroxyl groups is 1. The van der Waals surface area contributed by atoms with Gasteiger partial charge < -0.3 is 25.0 Å². The molecule has 0 saturated heterocycles. The second-order valence-electron chi connectivity index (χ2n) is 4.93. The van der Waals surface area contributed by atoms with Gasteiger partial charge in [0.15, 0.2) is 0 Å². The zero-order valence-corrected chi connectivity index (χ0v) is 12.7. The Hall–Kier alpha value is -2.47. The quantitative estimate of drug-likeness (QED) is 0.766. The number of benzene rings is 1. The van der Waals surface area contributed by atoms with Crippen molar-refractivity contribution in [3.05, 3.63) is 48.3 Å². The number of anilines is 1. The maximum Gasteiger partial charge on any atom is 0.319 e. The SMILES string of the molecule is COc1ccccc1NC(=O)NCCC(O)c1cccn1C. The minimum Gasteiger partial charge on any atom is -0.495 e. The smallest absolute Gasteiger partial charge is 0.319 e. The first-order valence-electron chi connectivity index (χ1n) is 7.09. The van der Waals surface area contributed by atoms with Gasteiger partial charge in [-0.05, 0) is 30.7 Å². The predicted molar refractivity (Wildman–Crippen MR) is 85.0 cm³/mol. The highest BCUT2D eigenvalue weighted by atomic mass is 16.5. The zero-order chi connectivity index (χ0) is 15.9. The Balaban J connectivity index is 1.80. The first-order valence-corrected chi connectivity index (χ1v) is 7.09. The maximum absolute atomic E-state index is 11.9. The standard InChI is InChI=1S/C16H21N3O3/c1-19-11-5-7-13(19)14(20)9-10-17-16(21)18-12-6-3-4-8-15(12)22-2/h3-8,11,14,20H,9-10H2,1-2H3,(H2,17,18,21). The summed E-state index contributed by atoms with van der Waals surface area (Å²) in [5.41, 5.74) is 1.43. The summed E-state index contributed by atoms with van der Waals surface area (Å²) >= 11 is 0. The minimum atomic E-state index is -0.605. The van der Waals surface area contributed by atoms with Gasteiger partial charge in [-0.1, -0.05) is 12.1 Å². The summed E-state index contributed by atoms with van der Waals surface area (Å²) in [4.78, 5) is 11.9. The van der Waals surface area contributed by atoms with Gasteiger partial charge in [0.25, 0.3) is 0 Å². The van der Waals surface area contributed by atoms with Crippen molar-refractivity contribution in [1.82, 2.24) is 9.88 Å². The van der Waals surface area contributed by atoms with Crippen LogP contribution >= 0.6 is 0 Å². The molecule has 1 heterocycles. The molecule has 1 unspecified atom stereocenters. The summed E-state index contributed by atoms with van der Waals surface area (Å²) in [7, 11) is 3.43. The lowest BCUT2D eigenvalue weighted by Gasteiger charge is -2.14. The molecule has 0 radical (unpaired) electrons. The average molecular weight is 303 g/mol. The van der Waals surface area contributed by atoms with Crippen LogP contribution in [0.2, 0.25) is 0 Å². The molecule has 22 heavy (non-hydrogen) atoms. The molecule has 2 amide bonds. The van der Waals surface area contributed by atoms with Crippen LogP contribution < -0.4 is 15.4 Å². The highest BCUT2D eigenvalue weighted by Gasteiger charge is 2.11. The van der Waals surface area contributed by atoms with E-state index in [-0.39, 0.29) is 6.03 Å². The number of urea groups is 1. The summed E-state index contributed by atoms with van der Waals surface area (Å²) in [5.74, 6) is 0.599. The van der Waals surface area contributed by atoms with Crippen molar-refractivity contribution in [3.63, 3.8) is 0 Å². The molecule has 1 atom stereocenters. The molecule has 1 aromatic carbocycles. The van der Waals surface area contributed by atoms with Gasteiger partial charge >= 0.3 is 6.03 Å². The summed E-state index contributed by atoms with van der Waals surface area (Å²) in [6, 6.07) is 10.6. The number of nitrogens with zero attached hydrogens (tertiary/aromatic N) is 1. The Morgan fingerprint density at radius 2 is 2.09 bits per heavy atom. The minimum absolute atomic E-state index is 0.330. The van der Waals surface area contributed by atoms with Crippen LogP contribution in [0.25, 0.3) is 0 Å². The van der Waals surface area contributed by atoms with E-state index in [4.69, 9.17) is 4.74 Å². The first kappa shape index (κ1) is 15.9. The van der Waals surface area contributed by atoms with Gasteiger partial charge in [0.2, 0.25) is 0 Å². The van der Waals surface area contributed by atoms with E-state index in [1.165, 1.54) is 0 Å². The van der Waals surface area contributed by atoms with Crippen LogP contribution in [0.15, 0.2) is 42.6 Å². The molecule has 0 aliphatic rings. The van der Waals surface area contributed by atoms with Crippen LogP contribution in [0.3, 0.4) is 0 Å². The van der Waals surface area contributed by atoms with Gasteiger partial charge in [-0.15, -0.1) is 0 Å². The van der Waals surface area contributed by atoms with E-state index in [0.717, 1.165) is 5.69 Å². The second-order valence-corrected chi connectivity index (χ2v) is 4.93. The van der Waals surface area contributed by atoms with Crippen molar-refractivity contribution in [1.29, 1.82) is 0 Å². The number of hydrogen-bond donors (Lipinski definition) is 3. The highest BCUT2D eigenvalue weighted by Crippen LogP contribution is 2.22. The summed E-state index contributed by atoms with van der Waals surface area (Å²) in [5, 5.41) is 15.5. The van der Waals surface area contributed by atoms with Gasteiger partial charge in [-0.25, -0.2) is 4.79 Å². The average Bonchev–Trinajstić information content (AvgIpc) is 2.94. The predicted octanol–water partition coefficient (Wildman–Crippen LogP) is 2.28. The number of aliphatic hydroxyl groups excluding tert-OH is 1. The van der Waals surface area contributed by atoms with E-state index in [1.807, 2.05) is 42.1 Å². The molecule has 0 bridgehead atoms. The van der Waals surface area contributed by atoms with Crippen LogP contribution in [0.5, 0.6) is 5.75 Å². The Kier molecular flexibility index (Phi) is 5.43. The number of rotatable bonds is 6. The van der Waals surface area contributed by atoms with Crippen molar-refractivity contribution in [2.75, 3.05) is 19.0 Å². The number of aryl methyl sites for hydroxylation is 1. The van der Waals surface area contributed by atoms with E-state index in [2.05, 4.69) is 10.6 Å². The van der Waals surface area contributed by atoms with Gasteiger partial charge in [-0.2, -0.15) is 0 Å². The molecule has 6 heteroatoms. The number of para-hydroxylation sites is 2. The number of hydrogen-bond acceptors (Lipinski definition) is 3. The van der Waals surface area contributed by atoms with E-state index >= 15 is 0 Å². The topological polar surface area (TPSA) is 75.5 Å². The molecule has 2 aromatic rings. The first-order chi connectivity index (χ1) is 10.6. The number of nitrogens with one attached hydrogen (secondary N) is 2. The molecular formula is C16H21N3O3. The molecule has 0 aliphatic carbocycles. The monoisotopic (exact) mass is 303 g/mol. The maximum atomic E-state index is 11.9. The van der Waals surface area contributed by atoms with Gasteiger partial charge in [0.1, 0.15) is 5.75 Å². The molecule has 0 saturated carbocycles. The third-order valence-corrected chi connectivity index (χ3v) is 3.38. The van der Waals surface area contributed by atoms with Crippen LogP contribution in [0, 0.1) is 0 Å². The molecule has 3 N–H and O–H groups in total. The highest BCUT2D eigenvalue weighted by molar-refractivity contribution is 5.90. The fraction of sp³-hybridized carbons (Fsp3) is 0.312. The summed E-state index contributed by atoms with van der Waals surface area (Å²) < 4.78 is 7.03. The Labute approximate surface area is 129 Å². The Bertz CT molecular complexity index is 625. The third-order valence-electron chi connectivity index (χ3n) is 3.38. The fourth-order valence-electron chi connectivity index (χ4n) is 2.21. The van der Waals surface area contributed by atoms with Gasteiger partial charge in [-0.3, -0.25) is 0 Å². The second kappa shape index (κ2) is 7.51. The summed E-state index contributed by atoms with van der Waals surface area (Å²) in [6.07, 6.45) is 1.71. The summed E-state index contributed by atoms with van der Waals surface area (Å²) in [6.45, 7) is 0.368.